The van der Waals surface area contributed by atoms with E-state index in [0.717, 1.165) is 12.8 Å². The van der Waals surface area contributed by atoms with Gasteiger partial charge in [0.2, 0.25) is 0 Å². The smallest absolute Gasteiger partial charge is 0.336 e. The summed E-state index contributed by atoms with van der Waals surface area (Å²) in [5.41, 5.74) is -0.982. The van der Waals surface area contributed by atoms with E-state index in [2.05, 4.69) is 6.92 Å². The van der Waals surface area contributed by atoms with Gasteiger partial charge in [-0.1, -0.05) is 26.2 Å². The van der Waals surface area contributed by atoms with Crippen molar-refractivity contribution in [2.24, 2.45) is 0 Å². The number of carbonyl (C=O) groups is 1. The van der Waals surface area contributed by atoms with Crippen molar-refractivity contribution < 1.29 is 19.4 Å². The summed E-state index contributed by atoms with van der Waals surface area (Å²) in [5.74, 6) is -0.841. The molecule has 94 valence electrons. The third-order valence-electron chi connectivity index (χ3n) is 3.07. The van der Waals surface area contributed by atoms with Crippen LogP contribution in [0, 0.1) is 0 Å². The molecule has 4 heteroatoms. The molecule has 0 spiro atoms. The second-order valence-electron chi connectivity index (χ2n) is 4.32. The minimum Gasteiger partial charge on any atom is -0.479 e. The Morgan fingerprint density at radius 2 is 2.00 bits per heavy atom. The molecular formula is C12H22O4. The van der Waals surface area contributed by atoms with Crippen LogP contribution in [0.1, 0.15) is 45.4 Å². The maximum Gasteiger partial charge on any atom is 0.336 e. The molecule has 4 nitrogen and oxygen atoms in total. The summed E-state index contributed by atoms with van der Waals surface area (Å²) in [5, 5.41) is 9.21. The van der Waals surface area contributed by atoms with Crippen LogP contribution in [0.2, 0.25) is 0 Å². The Balaban J connectivity index is 2.30. The summed E-state index contributed by atoms with van der Waals surface area (Å²) in [6.07, 6.45) is 5.36. The molecule has 1 heterocycles. The van der Waals surface area contributed by atoms with E-state index < -0.39 is 11.6 Å². The Morgan fingerprint density at radius 1 is 1.31 bits per heavy atom. The highest BCUT2D eigenvalue weighted by Crippen LogP contribution is 2.25. The van der Waals surface area contributed by atoms with Crippen LogP contribution in [0.4, 0.5) is 0 Å². The molecule has 0 atom stereocenters. The van der Waals surface area contributed by atoms with Gasteiger partial charge in [-0.25, -0.2) is 4.79 Å². The number of carboxylic acids is 1. The van der Waals surface area contributed by atoms with Crippen molar-refractivity contribution in [2.75, 3.05) is 19.8 Å². The molecule has 16 heavy (non-hydrogen) atoms. The number of hydrogen-bond donors (Lipinski definition) is 1. The van der Waals surface area contributed by atoms with Crippen molar-refractivity contribution in [1.29, 1.82) is 0 Å². The highest BCUT2D eigenvalue weighted by molar-refractivity contribution is 5.77. The van der Waals surface area contributed by atoms with E-state index in [1.54, 1.807) is 0 Å². The zero-order chi connectivity index (χ0) is 11.9. The van der Waals surface area contributed by atoms with Gasteiger partial charge in [0.05, 0.1) is 0 Å². The van der Waals surface area contributed by atoms with E-state index in [1.807, 2.05) is 0 Å². The second kappa shape index (κ2) is 6.86. The highest BCUT2D eigenvalue weighted by Gasteiger charge is 2.41. The van der Waals surface area contributed by atoms with Crippen LogP contribution < -0.4 is 0 Å². The van der Waals surface area contributed by atoms with Gasteiger partial charge in [-0.05, 0) is 6.42 Å². The third-order valence-corrected chi connectivity index (χ3v) is 3.07. The molecule has 0 amide bonds. The summed E-state index contributed by atoms with van der Waals surface area (Å²) >= 11 is 0. The Bertz CT molecular complexity index is 209. The van der Waals surface area contributed by atoms with E-state index >= 15 is 0 Å². The molecule has 1 saturated heterocycles. The Kier molecular flexibility index (Phi) is 5.77. The maximum absolute atomic E-state index is 11.2. The van der Waals surface area contributed by atoms with Crippen LogP contribution in [0.25, 0.3) is 0 Å². The number of unbranched alkanes of at least 4 members (excludes halogenated alkanes) is 3. The molecule has 1 N–H and O–H groups in total. The first-order valence-electron chi connectivity index (χ1n) is 6.16. The van der Waals surface area contributed by atoms with Crippen LogP contribution in [-0.4, -0.2) is 36.5 Å². The molecule has 0 saturated carbocycles. The van der Waals surface area contributed by atoms with Crippen LogP contribution in [0.3, 0.4) is 0 Å². The Hall–Kier alpha value is -0.610. The lowest BCUT2D eigenvalue weighted by atomic mass is 9.94. The Morgan fingerprint density at radius 3 is 2.56 bits per heavy atom. The minimum atomic E-state index is -0.982. The fourth-order valence-electron chi connectivity index (χ4n) is 1.92. The molecule has 1 rings (SSSR count). The van der Waals surface area contributed by atoms with Crippen LogP contribution in [0.5, 0.6) is 0 Å². The normalized spacial score (nSPS) is 19.6. The summed E-state index contributed by atoms with van der Waals surface area (Å²) in [6, 6.07) is 0. The Labute approximate surface area is 96.9 Å². The van der Waals surface area contributed by atoms with Gasteiger partial charge in [0.1, 0.15) is 0 Å². The van der Waals surface area contributed by atoms with Crippen molar-refractivity contribution in [3.05, 3.63) is 0 Å². The zero-order valence-electron chi connectivity index (χ0n) is 10.0. The number of rotatable bonds is 7. The predicted octanol–water partition coefficient (Wildman–Crippen LogP) is 2.22. The van der Waals surface area contributed by atoms with Crippen LogP contribution in [-0.2, 0) is 14.3 Å². The van der Waals surface area contributed by atoms with Crippen molar-refractivity contribution in [1.82, 2.24) is 0 Å². The average Bonchev–Trinajstić information content (AvgIpc) is 2.30. The summed E-state index contributed by atoms with van der Waals surface area (Å²) in [4.78, 5) is 11.2. The molecule has 0 unspecified atom stereocenters. The standard InChI is InChI=1S/C12H22O4/c1-2-3-4-5-8-16-12(11(13)14)6-9-15-10-7-12/h2-10H2,1H3,(H,13,14). The van der Waals surface area contributed by atoms with Gasteiger partial charge >= 0.3 is 5.97 Å². The fraction of sp³-hybridized carbons (Fsp3) is 0.917. The molecular weight excluding hydrogens is 208 g/mol. The van der Waals surface area contributed by atoms with Crippen molar-refractivity contribution in [3.63, 3.8) is 0 Å². The molecule has 0 radical (unpaired) electrons. The summed E-state index contributed by atoms with van der Waals surface area (Å²) in [7, 11) is 0. The summed E-state index contributed by atoms with van der Waals surface area (Å²) < 4.78 is 10.8. The lowest BCUT2D eigenvalue weighted by Crippen LogP contribution is -2.46. The first-order chi connectivity index (χ1) is 7.71. The van der Waals surface area contributed by atoms with E-state index in [4.69, 9.17) is 9.47 Å². The molecule has 0 aromatic rings. The van der Waals surface area contributed by atoms with Gasteiger partial charge in [-0.15, -0.1) is 0 Å². The van der Waals surface area contributed by atoms with Crippen molar-refractivity contribution in [2.45, 2.75) is 51.0 Å². The van der Waals surface area contributed by atoms with Gasteiger partial charge < -0.3 is 14.6 Å². The molecule has 0 bridgehead atoms. The number of ether oxygens (including phenoxy) is 2. The van der Waals surface area contributed by atoms with Gasteiger partial charge in [0.15, 0.2) is 5.60 Å². The van der Waals surface area contributed by atoms with Crippen LogP contribution >= 0.6 is 0 Å². The number of aliphatic carboxylic acids is 1. The van der Waals surface area contributed by atoms with E-state index in [0.29, 0.717) is 32.7 Å². The molecule has 0 aliphatic carbocycles. The quantitative estimate of drug-likeness (QED) is 0.681. The number of carboxylic acid groups (broad SMARTS) is 1. The predicted molar refractivity (Wildman–Crippen MR) is 60.5 cm³/mol. The van der Waals surface area contributed by atoms with E-state index in [1.165, 1.54) is 12.8 Å². The van der Waals surface area contributed by atoms with E-state index in [9.17, 15) is 9.90 Å². The third kappa shape index (κ3) is 3.76. The van der Waals surface area contributed by atoms with Gasteiger partial charge in [0, 0.05) is 32.7 Å². The molecule has 0 aromatic carbocycles. The molecule has 1 aliphatic heterocycles. The minimum absolute atomic E-state index is 0.468. The molecule has 1 aliphatic rings. The van der Waals surface area contributed by atoms with E-state index in [-0.39, 0.29) is 0 Å². The molecule has 1 fully saturated rings. The zero-order valence-corrected chi connectivity index (χ0v) is 10.0. The van der Waals surface area contributed by atoms with Crippen molar-refractivity contribution >= 4 is 5.97 Å². The monoisotopic (exact) mass is 230 g/mol. The highest BCUT2D eigenvalue weighted by atomic mass is 16.5. The SMILES string of the molecule is CCCCCCOC1(C(=O)O)CCOCC1. The van der Waals surface area contributed by atoms with Crippen LogP contribution in [0.15, 0.2) is 0 Å². The second-order valence-corrected chi connectivity index (χ2v) is 4.32. The van der Waals surface area contributed by atoms with Gasteiger partial charge in [0.25, 0.3) is 0 Å². The summed E-state index contributed by atoms with van der Waals surface area (Å²) in [6.45, 7) is 3.67. The topological polar surface area (TPSA) is 55.8 Å². The largest absolute Gasteiger partial charge is 0.479 e. The fourth-order valence-corrected chi connectivity index (χ4v) is 1.92. The number of hydrogen-bond acceptors (Lipinski definition) is 3. The maximum atomic E-state index is 11.2. The van der Waals surface area contributed by atoms with Gasteiger partial charge in [-0.3, -0.25) is 0 Å². The lowest BCUT2D eigenvalue weighted by Gasteiger charge is -2.33. The van der Waals surface area contributed by atoms with Gasteiger partial charge in [-0.2, -0.15) is 0 Å². The first-order valence-corrected chi connectivity index (χ1v) is 6.16. The average molecular weight is 230 g/mol. The lowest BCUT2D eigenvalue weighted by molar-refractivity contribution is -0.178. The van der Waals surface area contributed by atoms with Crippen molar-refractivity contribution in [3.8, 4) is 0 Å². The molecule has 0 aromatic heterocycles. The first kappa shape index (κ1) is 13.5.